The van der Waals surface area contributed by atoms with E-state index < -0.39 is 0 Å². The number of anilines is 2. The van der Waals surface area contributed by atoms with E-state index in [1.807, 2.05) is 11.9 Å². The minimum atomic E-state index is 0.0862. The van der Waals surface area contributed by atoms with E-state index in [1.54, 1.807) is 0 Å². The van der Waals surface area contributed by atoms with Crippen LogP contribution in [0.2, 0.25) is 0 Å². The summed E-state index contributed by atoms with van der Waals surface area (Å²) in [6, 6.07) is 25.7. The molecule has 0 aromatic heterocycles. The number of Topliss-reactive ketones (excluding diaryl/α,β-unsaturated/α-hetero) is 1. The normalized spacial score (nSPS) is 19.1. The highest BCUT2D eigenvalue weighted by molar-refractivity contribution is 5.95. The number of ketones is 1. The Bertz CT molecular complexity index is 1320. The van der Waals surface area contributed by atoms with Crippen LogP contribution in [0.3, 0.4) is 0 Å². The molecule has 2 atom stereocenters. The van der Waals surface area contributed by atoms with Gasteiger partial charge in [-0.15, -0.1) is 0 Å². The molecule has 2 unspecified atom stereocenters. The highest BCUT2D eigenvalue weighted by atomic mass is 16.2. The number of hydrogen-bond acceptors (Lipinski definition) is 3. The molecule has 0 saturated heterocycles. The molecule has 222 valence electrons. The number of carbonyl (C=O) groups is 2. The maximum absolute atomic E-state index is 14.1. The van der Waals surface area contributed by atoms with Gasteiger partial charge in [-0.25, -0.2) is 0 Å². The van der Waals surface area contributed by atoms with Gasteiger partial charge in [0.2, 0.25) is 5.91 Å². The van der Waals surface area contributed by atoms with Crippen LogP contribution >= 0.6 is 0 Å². The fourth-order valence-corrected chi connectivity index (χ4v) is 7.30. The van der Waals surface area contributed by atoms with E-state index in [-0.39, 0.29) is 29.6 Å². The first-order chi connectivity index (χ1) is 20.5. The second-order valence-corrected chi connectivity index (χ2v) is 12.4. The Morgan fingerprint density at radius 1 is 0.810 bits per heavy atom. The largest absolute Gasteiger partial charge is 0.388 e. The van der Waals surface area contributed by atoms with Crippen LogP contribution in [0, 0.1) is 17.8 Å². The van der Waals surface area contributed by atoms with Gasteiger partial charge >= 0.3 is 0 Å². The zero-order valence-electron chi connectivity index (χ0n) is 25.8. The van der Waals surface area contributed by atoms with Crippen molar-refractivity contribution in [2.75, 3.05) is 17.3 Å². The molecule has 2 saturated carbocycles. The van der Waals surface area contributed by atoms with E-state index in [1.165, 1.54) is 23.1 Å². The number of hydrogen-bond donors (Lipinski definition) is 1. The molecule has 3 aromatic carbocycles. The predicted octanol–water partition coefficient (Wildman–Crippen LogP) is 9.40. The number of amides is 1. The standard InChI is InChI=1S/C38H48N2O2/c1-4-28(5-2)37(41)36-16-10-15-35(36)32-13-9-14-34(25-32)40(38(42)31-11-7-6-8-12-31)26-27-17-19-29(20-18-27)30-21-23-33(39-3)24-22-30/h9,13-14,17-25,28,31,35-36,39H,4-8,10-12,15-16,26H2,1-3H3. The average Bonchev–Trinajstić information content (AvgIpc) is 3.55. The Hall–Kier alpha value is -3.40. The molecule has 0 aliphatic heterocycles. The first-order valence-corrected chi connectivity index (χ1v) is 16.3. The minimum absolute atomic E-state index is 0.0862. The molecular weight excluding hydrogens is 516 g/mol. The van der Waals surface area contributed by atoms with Crippen molar-refractivity contribution in [2.24, 2.45) is 17.8 Å². The summed E-state index contributed by atoms with van der Waals surface area (Å²) >= 11 is 0. The van der Waals surface area contributed by atoms with Crippen molar-refractivity contribution in [1.82, 2.24) is 0 Å². The van der Waals surface area contributed by atoms with Gasteiger partial charge in [0.05, 0.1) is 6.54 Å². The minimum Gasteiger partial charge on any atom is -0.388 e. The zero-order valence-corrected chi connectivity index (χ0v) is 25.8. The second kappa shape index (κ2) is 14.2. The Morgan fingerprint density at radius 2 is 1.48 bits per heavy atom. The van der Waals surface area contributed by atoms with Crippen molar-refractivity contribution in [2.45, 2.75) is 90.5 Å². The van der Waals surface area contributed by atoms with Gasteiger partial charge in [0.15, 0.2) is 0 Å². The molecular formula is C38H48N2O2. The molecule has 0 heterocycles. The fraction of sp³-hybridized carbons (Fsp3) is 0.474. The van der Waals surface area contributed by atoms with Crippen LogP contribution in [0.15, 0.2) is 72.8 Å². The van der Waals surface area contributed by atoms with Crippen molar-refractivity contribution >= 4 is 23.1 Å². The summed E-state index contributed by atoms with van der Waals surface area (Å²) in [5.41, 5.74) is 6.76. The maximum Gasteiger partial charge on any atom is 0.230 e. The van der Waals surface area contributed by atoms with Crippen molar-refractivity contribution in [1.29, 1.82) is 0 Å². The summed E-state index contributed by atoms with van der Waals surface area (Å²) in [7, 11) is 1.93. The van der Waals surface area contributed by atoms with E-state index in [0.29, 0.717) is 12.3 Å². The van der Waals surface area contributed by atoms with Gasteiger partial charge in [-0.2, -0.15) is 0 Å². The molecule has 0 bridgehead atoms. The number of nitrogens with one attached hydrogen (secondary N) is 1. The average molecular weight is 565 g/mol. The first kappa shape index (κ1) is 30.1. The SMILES string of the molecule is CCC(CC)C(=O)C1CCCC1c1cccc(N(Cc2ccc(-c3ccc(NC)cc3)cc2)C(=O)C2CCCCC2)c1. The lowest BCUT2D eigenvalue weighted by atomic mass is 9.80. The summed E-state index contributed by atoms with van der Waals surface area (Å²) in [4.78, 5) is 29.6. The number of rotatable bonds is 11. The molecule has 4 heteroatoms. The van der Waals surface area contributed by atoms with E-state index >= 15 is 0 Å². The topological polar surface area (TPSA) is 49.4 Å². The number of nitrogens with zero attached hydrogens (tertiary/aromatic N) is 1. The third-order valence-electron chi connectivity index (χ3n) is 9.90. The molecule has 1 amide bonds. The summed E-state index contributed by atoms with van der Waals surface area (Å²) in [6.45, 7) is 4.83. The second-order valence-electron chi connectivity index (χ2n) is 12.4. The van der Waals surface area contributed by atoms with Gasteiger partial charge in [-0.1, -0.05) is 88.1 Å². The monoisotopic (exact) mass is 564 g/mol. The van der Waals surface area contributed by atoms with Gasteiger partial charge in [0, 0.05) is 36.2 Å². The lowest BCUT2D eigenvalue weighted by Crippen LogP contribution is -2.36. The first-order valence-electron chi connectivity index (χ1n) is 16.3. The smallest absolute Gasteiger partial charge is 0.230 e. The van der Waals surface area contributed by atoms with Gasteiger partial charge in [0.1, 0.15) is 5.78 Å². The fourth-order valence-electron chi connectivity index (χ4n) is 7.30. The summed E-state index contributed by atoms with van der Waals surface area (Å²) in [5, 5.41) is 3.17. The van der Waals surface area contributed by atoms with Crippen LogP contribution in [0.25, 0.3) is 11.1 Å². The third-order valence-corrected chi connectivity index (χ3v) is 9.90. The van der Waals surface area contributed by atoms with Crippen LogP contribution in [-0.4, -0.2) is 18.7 Å². The number of benzene rings is 3. The predicted molar refractivity (Wildman–Crippen MR) is 175 cm³/mol. The quantitative estimate of drug-likeness (QED) is 0.252. The molecule has 0 spiro atoms. The lowest BCUT2D eigenvalue weighted by Gasteiger charge is -2.31. The van der Waals surface area contributed by atoms with Crippen LogP contribution in [-0.2, 0) is 16.1 Å². The highest BCUT2D eigenvalue weighted by Crippen LogP contribution is 2.43. The van der Waals surface area contributed by atoms with E-state index in [4.69, 9.17) is 0 Å². The molecule has 2 fully saturated rings. The van der Waals surface area contributed by atoms with Crippen LogP contribution in [0.4, 0.5) is 11.4 Å². The van der Waals surface area contributed by atoms with E-state index in [9.17, 15) is 9.59 Å². The van der Waals surface area contributed by atoms with Gasteiger partial charge in [-0.05, 0) is 91.0 Å². The van der Waals surface area contributed by atoms with Gasteiger partial charge < -0.3 is 10.2 Å². The van der Waals surface area contributed by atoms with Crippen LogP contribution in [0.5, 0.6) is 0 Å². The van der Waals surface area contributed by atoms with Gasteiger partial charge in [0.25, 0.3) is 0 Å². The molecule has 1 N–H and O–H groups in total. The summed E-state index contributed by atoms with van der Waals surface area (Å²) in [5.74, 6) is 1.29. The van der Waals surface area contributed by atoms with Crippen molar-refractivity contribution in [3.8, 4) is 11.1 Å². The molecule has 0 radical (unpaired) electrons. The Morgan fingerprint density at radius 3 is 2.12 bits per heavy atom. The van der Waals surface area contributed by atoms with E-state index in [2.05, 4.69) is 92.0 Å². The van der Waals surface area contributed by atoms with Crippen molar-refractivity contribution < 1.29 is 9.59 Å². The lowest BCUT2D eigenvalue weighted by molar-refractivity contribution is -0.127. The summed E-state index contributed by atoms with van der Waals surface area (Å²) in [6.07, 6.45) is 10.4. The molecule has 5 rings (SSSR count). The Balaban J connectivity index is 1.41. The maximum atomic E-state index is 14.1. The highest BCUT2D eigenvalue weighted by Gasteiger charge is 2.36. The number of carbonyl (C=O) groups excluding carboxylic acids is 2. The zero-order chi connectivity index (χ0) is 29.5. The Labute approximate surface area is 252 Å². The van der Waals surface area contributed by atoms with Crippen molar-refractivity contribution in [3.05, 3.63) is 83.9 Å². The van der Waals surface area contributed by atoms with Gasteiger partial charge in [-0.3, -0.25) is 9.59 Å². The molecule has 2 aliphatic rings. The van der Waals surface area contributed by atoms with E-state index in [0.717, 1.165) is 74.7 Å². The molecule has 2 aliphatic carbocycles. The third kappa shape index (κ3) is 6.80. The molecule has 4 nitrogen and oxygen atoms in total. The Kier molecular flexibility index (Phi) is 10.2. The molecule has 42 heavy (non-hydrogen) atoms. The molecule has 3 aromatic rings. The summed E-state index contributed by atoms with van der Waals surface area (Å²) < 4.78 is 0. The van der Waals surface area contributed by atoms with Crippen molar-refractivity contribution in [3.63, 3.8) is 0 Å². The van der Waals surface area contributed by atoms with Crippen LogP contribution in [0.1, 0.15) is 95.1 Å². The van der Waals surface area contributed by atoms with Crippen LogP contribution < -0.4 is 10.2 Å².